The highest BCUT2D eigenvalue weighted by Gasteiger charge is 2.75. The third-order valence-corrected chi connectivity index (χ3v) is 11.3. The minimum atomic E-state index is -1.98. The number of hydrogen-bond donors (Lipinski definition) is 2. The summed E-state index contributed by atoms with van der Waals surface area (Å²) in [7, 11) is 1.46. The van der Waals surface area contributed by atoms with Crippen molar-refractivity contribution in [3.63, 3.8) is 0 Å². The maximum Gasteiger partial charge on any atom is 0.421 e. The normalized spacial score (nSPS) is 25.4. The van der Waals surface area contributed by atoms with E-state index >= 15 is 4.79 Å². The van der Waals surface area contributed by atoms with E-state index in [2.05, 4.69) is 17.9 Å². The van der Waals surface area contributed by atoms with Gasteiger partial charge in [0, 0.05) is 12.7 Å². The molecule has 56 heavy (non-hydrogen) atoms. The Labute approximate surface area is 324 Å². The van der Waals surface area contributed by atoms with Gasteiger partial charge in [0.15, 0.2) is 0 Å². The fourth-order valence-electron chi connectivity index (χ4n) is 9.03. The lowest BCUT2D eigenvalue weighted by atomic mass is 9.65. The topological polar surface area (TPSA) is 149 Å². The van der Waals surface area contributed by atoms with Gasteiger partial charge in [0.2, 0.25) is 11.8 Å². The van der Waals surface area contributed by atoms with E-state index in [1.807, 2.05) is 65.6 Å². The highest BCUT2D eigenvalue weighted by molar-refractivity contribution is 6.23. The maximum atomic E-state index is 15.7. The van der Waals surface area contributed by atoms with E-state index in [0.29, 0.717) is 22.3 Å². The van der Waals surface area contributed by atoms with Gasteiger partial charge in [0.05, 0.1) is 30.3 Å². The minimum absolute atomic E-state index is 0.0281. The van der Waals surface area contributed by atoms with Crippen LogP contribution in [0.5, 0.6) is 5.75 Å². The molecule has 3 aliphatic heterocycles. The summed E-state index contributed by atoms with van der Waals surface area (Å²) in [5, 5.41) is 10.5. The fraction of sp³-hybridized carbons (Fsp3) is 0.289. The molecule has 0 saturated carbocycles. The highest BCUT2D eigenvalue weighted by atomic mass is 16.6. The van der Waals surface area contributed by atoms with Crippen LogP contribution < -0.4 is 10.6 Å². The van der Waals surface area contributed by atoms with Crippen molar-refractivity contribution in [1.82, 2.24) is 4.90 Å². The molecule has 6 atom stereocenters. The number of imide groups is 1. The van der Waals surface area contributed by atoms with E-state index < -0.39 is 59.4 Å². The number of allylic oxidation sites excluding steroid dienone is 2. The second-order valence-corrected chi connectivity index (χ2v) is 14.5. The quantitative estimate of drug-likeness (QED) is 0.128. The molecule has 8 rings (SSSR count). The first-order valence-electron chi connectivity index (χ1n) is 18.8. The lowest BCUT2D eigenvalue weighted by Gasteiger charge is -2.46. The van der Waals surface area contributed by atoms with Gasteiger partial charge >= 0.3 is 12.1 Å². The van der Waals surface area contributed by atoms with Crippen LogP contribution in [0.3, 0.4) is 0 Å². The van der Waals surface area contributed by atoms with Gasteiger partial charge < -0.3 is 25.1 Å². The van der Waals surface area contributed by atoms with Crippen LogP contribution in [-0.4, -0.2) is 60.2 Å². The number of carbonyl (C=O) groups is 4. The zero-order valence-electron chi connectivity index (χ0n) is 30.8. The van der Waals surface area contributed by atoms with Crippen molar-refractivity contribution in [3.05, 3.63) is 143 Å². The number of phenolic OH excluding ortho intramolecular Hbond substituents is 1. The number of morpholine rings is 1. The van der Waals surface area contributed by atoms with Crippen LogP contribution in [0.15, 0.2) is 115 Å². The smallest absolute Gasteiger partial charge is 0.421 e. The third kappa shape index (κ3) is 6.11. The van der Waals surface area contributed by atoms with Crippen LogP contribution in [0.4, 0.5) is 10.5 Å². The molecule has 11 nitrogen and oxygen atoms in total. The van der Waals surface area contributed by atoms with Crippen LogP contribution in [-0.2, 0) is 34.0 Å². The average molecular weight is 752 g/mol. The summed E-state index contributed by atoms with van der Waals surface area (Å²) >= 11 is 0. The van der Waals surface area contributed by atoms with Gasteiger partial charge in [-0.25, -0.2) is 9.69 Å². The predicted molar refractivity (Wildman–Crippen MR) is 206 cm³/mol. The molecule has 0 aromatic heterocycles. The van der Waals surface area contributed by atoms with Gasteiger partial charge in [-0.1, -0.05) is 90.7 Å². The molecule has 3 heterocycles. The largest absolute Gasteiger partial charge is 0.508 e. The average Bonchev–Trinajstić information content (AvgIpc) is 3.68. The van der Waals surface area contributed by atoms with E-state index in [-0.39, 0.29) is 24.7 Å². The molecule has 4 aliphatic rings. The zero-order valence-corrected chi connectivity index (χ0v) is 30.8. The van der Waals surface area contributed by atoms with Crippen molar-refractivity contribution in [1.29, 1.82) is 0 Å². The Balaban J connectivity index is 1.42. The number of nitrogens with zero attached hydrogens (tertiary/aromatic N) is 2. The molecule has 1 spiro atoms. The summed E-state index contributed by atoms with van der Waals surface area (Å²) in [6.07, 6.45) is 4.22. The van der Waals surface area contributed by atoms with E-state index in [4.69, 9.17) is 19.9 Å². The van der Waals surface area contributed by atoms with E-state index in [0.717, 1.165) is 41.7 Å². The number of nitrogens with two attached hydrogens (primary N) is 1. The number of esters is 1. The molecular weight excluding hydrogens is 711 g/mol. The molecule has 4 aromatic rings. The summed E-state index contributed by atoms with van der Waals surface area (Å²) in [5.74, 6) is 2.51. The number of cyclic esters (lactones) is 1. The number of amides is 3. The SMILES string of the molecule is COCCOC(=O)N1C(=O)[C@@]2(c3cc(C#CC4=CCCCC4)ccc31)[C@H](C(N)=O)[C@H]1C(=O)O[C@H](c3ccccc3)[C@H](c3ccccc3)N1[C@@H]2c1ccc(O)cc1. The lowest BCUT2D eigenvalue weighted by molar-refractivity contribution is -0.178. The van der Waals surface area contributed by atoms with Crippen LogP contribution in [0.25, 0.3) is 0 Å². The standard InChI is InChI=1S/C45H41N3O8/c1-54-25-26-55-44(53)47-35-24-19-29(18-17-28-11-5-2-6-12-28)27-34(35)45(43(47)52)36(41(46)50)38-42(51)56-39(31-15-9-4-10-16-31)37(30-13-7-3-8-14-30)48(38)40(45)32-20-22-33(49)23-21-32/h3-4,7-11,13-16,19-24,27,36-40,49H,2,5-6,12,25-26H2,1H3,(H2,46,50)/t36-,37-,38-,39+,40+,45-/m0/s1. The van der Waals surface area contributed by atoms with Crippen molar-refractivity contribution < 1.29 is 38.5 Å². The highest BCUT2D eigenvalue weighted by Crippen LogP contribution is 2.65. The summed E-state index contributed by atoms with van der Waals surface area (Å²) in [5.41, 5.74) is 8.39. The lowest BCUT2D eigenvalue weighted by Crippen LogP contribution is -2.55. The van der Waals surface area contributed by atoms with E-state index in [9.17, 15) is 19.5 Å². The molecule has 0 bridgehead atoms. The summed E-state index contributed by atoms with van der Waals surface area (Å²) in [6, 6.07) is 26.9. The maximum absolute atomic E-state index is 15.7. The predicted octanol–water partition coefficient (Wildman–Crippen LogP) is 6.18. The fourth-order valence-corrected chi connectivity index (χ4v) is 9.03. The molecule has 2 fully saturated rings. The zero-order chi connectivity index (χ0) is 39.0. The number of hydrogen-bond acceptors (Lipinski definition) is 9. The molecule has 4 aromatic carbocycles. The summed E-state index contributed by atoms with van der Waals surface area (Å²) < 4.78 is 17.0. The van der Waals surface area contributed by atoms with Gasteiger partial charge in [-0.2, -0.15) is 0 Å². The van der Waals surface area contributed by atoms with Gasteiger partial charge in [-0.05, 0) is 83.8 Å². The molecule has 11 heteroatoms. The summed E-state index contributed by atoms with van der Waals surface area (Å²) in [4.78, 5) is 61.5. The molecule has 2 saturated heterocycles. The number of ether oxygens (including phenoxy) is 3. The van der Waals surface area contributed by atoms with Crippen molar-refractivity contribution >= 4 is 29.6 Å². The van der Waals surface area contributed by atoms with Gasteiger partial charge in [-0.15, -0.1) is 0 Å². The molecule has 3 amide bonds. The Bertz CT molecular complexity index is 2270. The van der Waals surface area contributed by atoms with E-state index in [1.54, 1.807) is 30.3 Å². The van der Waals surface area contributed by atoms with Gasteiger partial charge in [0.25, 0.3) is 0 Å². The first-order chi connectivity index (χ1) is 27.2. The van der Waals surface area contributed by atoms with Crippen molar-refractivity contribution in [2.45, 2.75) is 55.3 Å². The summed E-state index contributed by atoms with van der Waals surface area (Å²) in [6.45, 7) is -0.0613. The molecule has 3 N–H and O–H groups in total. The van der Waals surface area contributed by atoms with Crippen molar-refractivity contribution in [2.75, 3.05) is 25.2 Å². The van der Waals surface area contributed by atoms with E-state index in [1.165, 1.54) is 19.2 Å². The molecular formula is C45H41N3O8. The number of anilines is 1. The van der Waals surface area contributed by atoms with Gasteiger partial charge in [0.1, 0.15) is 29.9 Å². The Hall–Kier alpha value is -6.22. The van der Waals surface area contributed by atoms with Crippen LogP contribution in [0.1, 0.15) is 71.7 Å². The third-order valence-electron chi connectivity index (χ3n) is 11.3. The van der Waals surface area contributed by atoms with Crippen LogP contribution in [0, 0.1) is 17.8 Å². The Kier molecular flexibility index (Phi) is 9.93. The molecule has 0 radical (unpaired) electrons. The number of phenols is 1. The monoisotopic (exact) mass is 751 g/mol. The number of carbonyl (C=O) groups excluding carboxylic acids is 4. The number of rotatable bonds is 7. The second kappa shape index (κ2) is 15.1. The minimum Gasteiger partial charge on any atom is -0.508 e. The second-order valence-electron chi connectivity index (χ2n) is 14.5. The number of fused-ring (bicyclic) bond motifs is 3. The molecule has 284 valence electrons. The number of primary amides is 1. The van der Waals surface area contributed by atoms with Gasteiger partial charge in [-0.3, -0.25) is 19.3 Å². The Morgan fingerprint density at radius 3 is 2.25 bits per heavy atom. The number of methoxy groups -OCH3 is 1. The Morgan fingerprint density at radius 1 is 0.875 bits per heavy atom. The van der Waals surface area contributed by atoms with Crippen molar-refractivity contribution in [2.24, 2.45) is 11.7 Å². The first-order valence-corrected chi connectivity index (χ1v) is 18.8. The molecule has 1 aliphatic carbocycles. The number of benzene rings is 4. The van der Waals surface area contributed by atoms with Crippen LogP contribution >= 0.6 is 0 Å². The van der Waals surface area contributed by atoms with Crippen molar-refractivity contribution in [3.8, 4) is 17.6 Å². The number of aromatic hydroxyl groups is 1. The molecule has 0 unspecified atom stereocenters. The Morgan fingerprint density at radius 2 is 1.59 bits per heavy atom. The van der Waals surface area contributed by atoms with Crippen LogP contribution in [0.2, 0.25) is 0 Å². The first kappa shape index (κ1) is 36.7.